The topological polar surface area (TPSA) is 71.2 Å². The minimum absolute atomic E-state index is 0.153. The second-order valence-electron chi connectivity index (χ2n) is 5.26. The number of hydrogen-bond donors (Lipinski definition) is 2. The van der Waals surface area contributed by atoms with Gasteiger partial charge in [0.15, 0.2) is 0 Å². The maximum atomic E-state index is 9.34. The van der Waals surface area contributed by atoms with Crippen molar-refractivity contribution < 1.29 is 9.52 Å². The van der Waals surface area contributed by atoms with Gasteiger partial charge in [-0.2, -0.15) is 0 Å². The Bertz CT molecular complexity index is 536. The van der Waals surface area contributed by atoms with E-state index in [0.29, 0.717) is 5.92 Å². The standard InChI is InChI=1S/C15H19N3O2/c19-12-7-11(8-12)14-9-15(18-10-17-14)16-5-1-3-13-4-2-6-20-13/h2,4,6,9-12,19H,1,3,5,7-8H2,(H,16,17,18). The Hall–Kier alpha value is -1.88. The maximum Gasteiger partial charge on any atom is 0.129 e. The zero-order chi connectivity index (χ0) is 13.8. The van der Waals surface area contributed by atoms with Crippen LogP contribution in [0, 0.1) is 0 Å². The first-order chi connectivity index (χ1) is 9.81. The number of aliphatic hydroxyl groups is 1. The van der Waals surface area contributed by atoms with E-state index in [1.807, 2.05) is 18.2 Å². The van der Waals surface area contributed by atoms with Crippen LogP contribution in [-0.2, 0) is 6.42 Å². The van der Waals surface area contributed by atoms with Crippen molar-refractivity contribution >= 4 is 5.82 Å². The summed E-state index contributed by atoms with van der Waals surface area (Å²) >= 11 is 0. The molecule has 2 N–H and O–H groups in total. The van der Waals surface area contributed by atoms with Crippen molar-refractivity contribution in [3.05, 3.63) is 42.2 Å². The largest absolute Gasteiger partial charge is 0.469 e. The summed E-state index contributed by atoms with van der Waals surface area (Å²) in [5.41, 5.74) is 1.03. The molecule has 0 aliphatic heterocycles. The van der Waals surface area contributed by atoms with Crippen molar-refractivity contribution in [2.45, 2.75) is 37.7 Å². The fourth-order valence-electron chi connectivity index (χ4n) is 2.46. The molecule has 3 rings (SSSR count). The number of rotatable bonds is 6. The Morgan fingerprint density at radius 2 is 2.25 bits per heavy atom. The highest BCUT2D eigenvalue weighted by Crippen LogP contribution is 2.35. The van der Waals surface area contributed by atoms with Gasteiger partial charge < -0.3 is 14.8 Å². The summed E-state index contributed by atoms with van der Waals surface area (Å²) in [6, 6.07) is 5.89. The van der Waals surface area contributed by atoms with Gasteiger partial charge in [0, 0.05) is 30.6 Å². The number of hydrogen-bond acceptors (Lipinski definition) is 5. The predicted octanol–water partition coefficient (Wildman–Crippen LogP) is 2.35. The van der Waals surface area contributed by atoms with E-state index in [4.69, 9.17) is 4.42 Å². The Morgan fingerprint density at radius 3 is 3.00 bits per heavy atom. The van der Waals surface area contributed by atoms with Gasteiger partial charge in [-0.05, 0) is 31.4 Å². The SMILES string of the molecule is OC1CC(c2cc(NCCCc3ccco3)ncn2)C1. The zero-order valence-electron chi connectivity index (χ0n) is 11.3. The Kier molecular flexibility index (Phi) is 3.97. The van der Waals surface area contributed by atoms with Crippen LogP contribution in [0.2, 0.25) is 0 Å². The predicted molar refractivity (Wildman–Crippen MR) is 75.5 cm³/mol. The van der Waals surface area contributed by atoms with E-state index in [0.717, 1.165) is 49.5 Å². The normalized spacial score (nSPS) is 21.4. The Balaban J connectivity index is 1.46. The molecular formula is C15H19N3O2. The molecule has 2 heterocycles. The summed E-state index contributed by atoms with van der Waals surface area (Å²) in [7, 11) is 0. The molecule has 0 radical (unpaired) electrons. The second-order valence-corrected chi connectivity index (χ2v) is 5.26. The van der Waals surface area contributed by atoms with Gasteiger partial charge in [0.2, 0.25) is 0 Å². The Labute approximate surface area is 118 Å². The van der Waals surface area contributed by atoms with Crippen LogP contribution >= 0.6 is 0 Å². The monoisotopic (exact) mass is 273 g/mol. The van der Waals surface area contributed by atoms with Crippen molar-refractivity contribution in [2.75, 3.05) is 11.9 Å². The first kappa shape index (κ1) is 13.1. The molecular weight excluding hydrogens is 254 g/mol. The van der Waals surface area contributed by atoms with Gasteiger partial charge in [0.05, 0.1) is 12.4 Å². The van der Waals surface area contributed by atoms with E-state index in [-0.39, 0.29) is 6.10 Å². The quantitative estimate of drug-likeness (QED) is 0.790. The van der Waals surface area contributed by atoms with E-state index < -0.39 is 0 Å². The number of nitrogens with zero attached hydrogens (tertiary/aromatic N) is 2. The lowest BCUT2D eigenvalue weighted by molar-refractivity contribution is 0.0732. The molecule has 1 aliphatic carbocycles. The molecule has 0 aromatic carbocycles. The van der Waals surface area contributed by atoms with Crippen LogP contribution in [0.5, 0.6) is 0 Å². The summed E-state index contributed by atoms with van der Waals surface area (Å²) in [4.78, 5) is 8.51. The van der Waals surface area contributed by atoms with Gasteiger partial charge in [-0.1, -0.05) is 0 Å². The Morgan fingerprint density at radius 1 is 1.35 bits per heavy atom. The molecule has 0 atom stereocenters. The number of furan rings is 1. The first-order valence-corrected chi connectivity index (χ1v) is 7.07. The van der Waals surface area contributed by atoms with Crippen LogP contribution in [0.3, 0.4) is 0 Å². The summed E-state index contributed by atoms with van der Waals surface area (Å²) in [6.45, 7) is 0.852. The second kappa shape index (κ2) is 6.05. The molecule has 106 valence electrons. The lowest BCUT2D eigenvalue weighted by Gasteiger charge is -2.30. The van der Waals surface area contributed by atoms with Crippen molar-refractivity contribution in [1.82, 2.24) is 9.97 Å². The van der Waals surface area contributed by atoms with Crippen molar-refractivity contribution in [3.63, 3.8) is 0 Å². The van der Waals surface area contributed by atoms with Crippen LogP contribution < -0.4 is 5.32 Å². The molecule has 0 unspecified atom stereocenters. The van der Waals surface area contributed by atoms with E-state index in [2.05, 4.69) is 15.3 Å². The maximum absolute atomic E-state index is 9.34. The highest BCUT2D eigenvalue weighted by Gasteiger charge is 2.29. The van der Waals surface area contributed by atoms with Crippen LogP contribution in [-0.4, -0.2) is 27.7 Å². The van der Waals surface area contributed by atoms with Crippen molar-refractivity contribution in [1.29, 1.82) is 0 Å². The lowest BCUT2D eigenvalue weighted by atomic mass is 9.80. The molecule has 5 heteroatoms. The highest BCUT2D eigenvalue weighted by atomic mass is 16.3. The fraction of sp³-hybridized carbons (Fsp3) is 0.467. The van der Waals surface area contributed by atoms with Gasteiger partial charge in [-0.3, -0.25) is 0 Å². The third kappa shape index (κ3) is 3.17. The summed E-state index contributed by atoms with van der Waals surface area (Å²) < 4.78 is 5.29. The van der Waals surface area contributed by atoms with E-state index in [1.165, 1.54) is 0 Å². The number of anilines is 1. The average molecular weight is 273 g/mol. The number of aromatic nitrogens is 2. The molecule has 5 nitrogen and oxygen atoms in total. The van der Waals surface area contributed by atoms with E-state index >= 15 is 0 Å². The third-order valence-electron chi connectivity index (χ3n) is 3.71. The molecule has 0 bridgehead atoms. The fourth-order valence-corrected chi connectivity index (χ4v) is 2.46. The van der Waals surface area contributed by atoms with Crippen LogP contribution in [0.15, 0.2) is 35.2 Å². The molecule has 0 saturated heterocycles. The summed E-state index contributed by atoms with van der Waals surface area (Å²) in [5, 5.41) is 12.7. The van der Waals surface area contributed by atoms with Crippen LogP contribution in [0.4, 0.5) is 5.82 Å². The molecule has 2 aromatic heterocycles. The molecule has 2 aromatic rings. The van der Waals surface area contributed by atoms with Crippen LogP contribution in [0.1, 0.15) is 36.6 Å². The minimum atomic E-state index is -0.153. The van der Waals surface area contributed by atoms with Gasteiger partial charge >= 0.3 is 0 Å². The van der Waals surface area contributed by atoms with Gasteiger partial charge in [0.1, 0.15) is 17.9 Å². The molecule has 0 amide bonds. The smallest absolute Gasteiger partial charge is 0.129 e. The summed E-state index contributed by atoms with van der Waals surface area (Å²) in [5.74, 6) is 2.26. The highest BCUT2D eigenvalue weighted by molar-refractivity contribution is 5.36. The number of nitrogens with one attached hydrogen (secondary N) is 1. The van der Waals surface area contributed by atoms with Gasteiger partial charge in [0.25, 0.3) is 0 Å². The van der Waals surface area contributed by atoms with Gasteiger partial charge in [-0.15, -0.1) is 0 Å². The first-order valence-electron chi connectivity index (χ1n) is 7.07. The molecule has 0 spiro atoms. The minimum Gasteiger partial charge on any atom is -0.469 e. The zero-order valence-corrected chi connectivity index (χ0v) is 11.3. The molecule has 1 saturated carbocycles. The summed E-state index contributed by atoms with van der Waals surface area (Å²) in [6.07, 6.45) is 6.69. The molecule has 1 aliphatic rings. The average Bonchev–Trinajstić information content (AvgIpc) is 2.94. The van der Waals surface area contributed by atoms with E-state index in [1.54, 1.807) is 12.6 Å². The number of aryl methyl sites for hydroxylation is 1. The van der Waals surface area contributed by atoms with Crippen LogP contribution in [0.25, 0.3) is 0 Å². The third-order valence-corrected chi connectivity index (χ3v) is 3.71. The lowest BCUT2D eigenvalue weighted by Crippen LogP contribution is -2.27. The van der Waals surface area contributed by atoms with Crippen molar-refractivity contribution in [3.8, 4) is 0 Å². The number of aliphatic hydroxyl groups excluding tert-OH is 1. The van der Waals surface area contributed by atoms with Crippen molar-refractivity contribution in [2.24, 2.45) is 0 Å². The molecule has 20 heavy (non-hydrogen) atoms. The van der Waals surface area contributed by atoms with Gasteiger partial charge in [-0.25, -0.2) is 9.97 Å². The molecule has 1 fully saturated rings. The van der Waals surface area contributed by atoms with E-state index in [9.17, 15) is 5.11 Å².